The van der Waals surface area contributed by atoms with Gasteiger partial charge in [-0.1, -0.05) is 0 Å². The van der Waals surface area contributed by atoms with Gasteiger partial charge < -0.3 is 10.2 Å². The number of hydrogen-bond acceptors (Lipinski definition) is 6. The first-order valence-electron chi connectivity index (χ1n) is 4.69. The summed E-state index contributed by atoms with van der Waals surface area (Å²) in [5.74, 6) is 0.238. The Morgan fingerprint density at radius 1 is 1.14 bits per heavy atom. The molecule has 1 aliphatic heterocycles. The lowest BCUT2D eigenvalue weighted by molar-refractivity contribution is -0.632. The number of aliphatic hydroxyl groups excluding tert-OH is 2. The predicted octanol–water partition coefficient (Wildman–Crippen LogP) is -0.0489. The van der Waals surface area contributed by atoms with Crippen molar-refractivity contribution in [3.63, 3.8) is 0 Å². The summed E-state index contributed by atoms with van der Waals surface area (Å²) in [6, 6.07) is 0. The van der Waals surface area contributed by atoms with E-state index >= 15 is 0 Å². The van der Waals surface area contributed by atoms with Gasteiger partial charge in [-0.2, -0.15) is 0 Å². The highest BCUT2D eigenvalue weighted by Crippen LogP contribution is 2.17. The molecule has 1 saturated heterocycles. The molecule has 1 aliphatic rings. The predicted molar refractivity (Wildman–Crippen MR) is 44.5 cm³/mol. The second-order valence-electron chi connectivity index (χ2n) is 3.30. The van der Waals surface area contributed by atoms with Crippen LogP contribution in [-0.2, 0) is 19.9 Å². The fourth-order valence-electron chi connectivity index (χ4n) is 1.38. The Kier molecular flexibility index (Phi) is 6.00. The van der Waals surface area contributed by atoms with Crippen LogP contribution in [0.5, 0.6) is 0 Å². The highest BCUT2D eigenvalue weighted by molar-refractivity contribution is 4.64. The van der Waals surface area contributed by atoms with Crippen molar-refractivity contribution in [2.45, 2.75) is 25.4 Å². The molecular formula is C8H16O6. The summed E-state index contributed by atoms with van der Waals surface area (Å²) in [4.78, 5) is 9.22. The summed E-state index contributed by atoms with van der Waals surface area (Å²) in [7, 11) is 0. The molecule has 0 aromatic heterocycles. The van der Waals surface area contributed by atoms with Gasteiger partial charge in [0.15, 0.2) is 0 Å². The van der Waals surface area contributed by atoms with E-state index < -0.39 is 6.10 Å². The van der Waals surface area contributed by atoms with Gasteiger partial charge in [-0.25, -0.2) is 9.78 Å². The summed E-state index contributed by atoms with van der Waals surface area (Å²) < 4.78 is 0. The van der Waals surface area contributed by atoms with E-state index in [9.17, 15) is 5.11 Å². The highest BCUT2D eigenvalue weighted by Gasteiger charge is 2.15. The maximum absolute atomic E-state index is 9.25. The van der Waals surface area contributed by atoms with Gasteiger partial charge in [-0.05, 0) is 35.3 Å². The van der Waals surface area contributed by atoms with Crippen LogP contribution in [0.4, 0.5) is 0 Å². The van der Waals surface area contributed by atoms with Gasteiger partial charge in [0.1, 0.15) is 0 Å². The average Bonchev–Trinajstić information content (AvgIpc) is 2.31. The van der Waals surface area contributed by atoms with E-state index in [1.54, 1.807) is 0 Å². The van der Waals surface area contributed by atoms with E-state index in [-0.39, 0.29) is 12.5 Å². The van der Waals surface area contributed by atoms with Gasteiger partial charge in [-0.15, -0.1) is 0 Å². The van der Waals surface area contributed by atoms with E-state index in [2.05, 4.69) is 19.9 Å². The Morgan fingerprint density at radius 3 is 2.21 bits per heavy atom. The molecule has 0 bridgehead atoms. The van der Waals surface area contributed by atoms with Crippen LogP contribution >= 0.6 is 0 Å². The van der Waals surface area contributed by atoms with Gasteiger partial charge in [0, 0.05) is 0 Å². The molecule has 14 heavy (non-hydrogen) atoms. The Hall–Kier alpha value is -0.240. The Balaban J connectivity index is 2.25. The second kappa shape index (κ2) is 7.10. The summed E-state index contributed by atoms with van der Waals surface area (Å²) in [6.45, 7) is 0.545. The van der Waals surface area contributed by atoms with Gasteiger partial charge in [-0.3, -0.25) is 0 Å². The molecule has 1 heterocycles. The average molecular weight is 208 g/mol. The summed E-state index contributed by atoms with van der Waals surface area (Å²) in [6.07, 6.45) is 1.33. The van der Waals surface area contributed by atoms with Gasteiger partial charge >= 0.3 is 0 Å². The second-order valence-corrected chi connectivity index (χ2v) is 3.30. The van der Waals surface area contributed by atoms with Crippen LogP contribution in [0.3, 0.4) is 0 Å². The van der Waals surface area contributed by atoms with Gasteiger partial charge in [0.25, 0.3) is 0 Å². The lowest BCUT2D eigenvalue weighted by atomic mass is 9.95. The molecule has 0 aromatic rings. The lowest BCUT2D eigenvalue weighted by Gasteiger charge is -2.16. The van der Waals surface area contributed by atoms with E-state index in [0.29, 0.717) is 19.6 Å². The normalized spacial score (nSPS) is 23.6. The molecule has 0 radical (unpaired) electrons. The van der Waals surface area contributed by atoms with Crippen molar-refractivity contribution in [2.24, 2.45) is 5.92 Å². The molecule has 6 nitrogen and oxygen atoms in total. The van der Waals surface area contributed by atoms with Gasteiger partial charge in [0.05, 0.1) is 25.9 Å². The maximum Gasteiger partial charge on any atom is 0.0857 e. The third-order valence-corrected chi connectivity index (χ3v) is 2.16. The van der Waals surface area contributed by atoms with Crippen molar-refractivity contribution in [1.82, 2.24) is 0 Å². The zero-order valence-corrected chi connectivity index (χ0v) is 7.92. The van der Waals surface area contributed by atoms with Crippen molar-refractivity contribution in [2.75, 3.05) is 19.8 Å². The minimum Gasteiger partial charge on any atom is -0.394 e. The van der Waals surface area contributed by atoms with Crippen molar-refractivity contribution >= 4 is 0 Å². The van der Waals surface area contributed by atoms with Crippen molar-refractivity contribution in [3.8, 4) is 0 Å². The van der Waals surface area contributed by atoms with Crippen LogP contribution in [0.1, 0.15) is 19.3 Å². The quantitative estimate of drug-likeness (QED) is 0.633. The Morgan fingerprint density at radius 2 is 1.71 bits per heavy atom. The monoisotopic (exact) mass is 208 g/mol. The smallest absolute Gasteiger partial charge is 0.0857 e. The van der Waals surface area contributed by atoms with Crippen LogP contribution in [0, 0.1) is 5.92 Å². The van der Waals surface area contributed by atoms with Gasteiger partial charge in [0.2, 0.25) is 0 Å². The maximum atomic E-state index is 9.25. The van der Waals surface area contributed by atoms with Crippen LogP contribution < -0.4 is 0 Å². The molecule has 1 rings (SSSR count). The van der Waals surface area contributed by atoms with E-state index in [0.717, 1.165) is 12.8 Å². The zero-order valence-electron chi connectivity index (χ0n) is 7.92. The molecule has 2 N–H and O–H groups in total. The molecule has 1 atom stereocenters. The standard InChI is InChI=1S/C8H16O6/c9-6-8(10)5-7-1-3-11-13-14-12-4-2-7/h7-10H,1-6H2. The molecule has 0 amide bonds. The van der Waals surface area contributed by atoms with Crippen molar-refractivity contribution in [1.29, 1.82) is 0 Å². The van der Waals surface area contributed by atoms with Crippen LogP contribution in [0.2, 0.25) is 0 Å². The molecule has 1 unspecified atom stereocenters. The molecule has 84 valence electrons. The molecule has 0 saturated carbocycles. The largest absolute Gasteiger partial charge is 0.394 e. The summed E-state index contributed by atoms with van der Waals surface area (Å²) >= 11 is 0. The third kappa shape index (κ3) is 4.85. The molecular weight excluding hydrogens is 192 g/mol. The van der Waals surface area contributed by atoms with Crippen molar-refractivity contribution in [3.05, 3.63) is 0 Å². The molecule has 0 aliphatic carbocycles. The Bertz CT molecular complexity index is 132. The number of hydrogen-bond donors (Lipinski definition) is 2. The van der Waals surface area contributed by atoms with Crippen LogP contribution in [0.25, 0.3) is 0 Å². The number of aliphatic hydroxyl groups is 2. The molecule has 0 aromatic carbocycles. The third-order valence-electron chi connectivity index (χ3n) is 2.16. The summed E-state index contributed by atoms with van der Waals surface area (Å²) in [5.41, 5.74) is 0. The minimum atomic E-state index is -0.678. The fraction of sp³-hybridized carbons (Fsp3) is 1.00. The zero-order chi connectivity index (χ0) is 10.2. The lowest BCUT2D eigenvalue weighted by Crippen LogP contribution is -2.19. The highest BCUT2D eigenvalue weighted by atomic mass is 17.7. The Labute approximate surface area is 82.1 Å². The van der Waals surface area contributed by atoms with Crippen molar-refractivity contribution < 1.29 is 30.1 Å². The van der Waals surface area contributed by atoms with E-state index in [4.69, 9.17) is 5.11 Å². The van der Waals surface area contributed by atoms with E-state index in [1.165, 1.54) is 0 Å². The van der Waals surface area contributed by atoms with Crippen LogP contribution in [-0.4, -0.2) is 36.1 Å². The van der Waals surface area contributed by atoms with Crippen LogP contribution in [0.15, 0.2) is 0 Å². The molecule has 1 fully saturated rings. The fourth-order valence-corrected chi connectivity index (χ4v) is 1.38. The summed E-state index contributed by atoms with van der Waals surface area (Å²) in [5, 5.41) is 26.3. The number of rotatable bonds is 3. The minimum absolute atomic E-state index is 0.217. The van der Waals surface area contributed by atoms with E-state index in [1.807, 2.05) is 0 Å². The molecule has 6 heteroatoms. The first-order valence-corrected chi connectivity index (χ1v) is 4.69. The first-order chi connectivity index (χ1) is 6.83. The topological polar surface area (TPSA) is 77.4 Å². The molecule has 0 spiro atoms. The first kappa shape index (κ1) is 11.8. The SMILES string of the molecule is OCC(O)CC1CCOOOOCC1.